The van der Waals surface area contributed by atoms with Crippen LogP contribution in [-0.2, 0) is 19.2 Å². The average molecular weight is 315 g/mol. The quantitative estimate of drug-likeness (QED) is 0.459. The normalized spacial score (nSPS) is 20.3. The zero-order valence-electron chi connectivity index (χ0n) is 12.3. The van der Waals surface area contributed by atoms with E-state index in [2.05, 4.69) is 5.32 Å². The Morgan fingerprint density at radius 1 is 1.32 bits per heavy atom. The van der Waals surface area contributed by atoms with E-state index in [0.29, 0.717) is 19.4 Å². The number of rotatable bonds is 7. The highest BCUT2D eigenvalue weighted by atomic mass is 16.4. The van der Waals surface area contributed by atoms with Gasteiger partial charge >= 0.3 is 11.9 Å². The number of likely N-dealkylation sites (tertiary alicyclic amines) is 1. The van der Waals surface area contributed by atoms with E-state index in [4.69, 9.17) is 15.9 Å². The van der Waals surface area contributed by atoms with Crippen LogP contribution in [0.4, 0.5) is 0 Å². The molecule has 1 rings (SSSR count). The molecule has 0 saturated carbocycles. The second-order valence-corrected chi connectivity index (χ2v) is 5.31. The Bertz CT molecular complexity index is 465. The Morgan fingerprint density at radius 2 is 1.95 bits per heavy atom. The maximum Gasteiger partial charge on any atom is 0.326 e. The third-order valence-corrected chi connectivity index (χ3v) is 3.49. The van der Waals surface area contributed by atoms with E-state index in [1.807, 2.05) is 0 Å². The fourth-order valence-corrected chi connectivity index (χ4v) is 2.36. The minimum absolute atomic E-state index is 0.218. The maximum absolute atomic E-state index is 12.2. The number of carbonyl (C=O) groups is 4. The second-order valence-electron chi connectivity index (χ2n) is 5.31. The number of carbonyl (C=O) groups excluding carboxylic acids is 2. The average Bonchev–Trinajstić information content (AvgIpc) is 2.90. The predicted molar refractivity (Wildman–Crippen MR) is 74.8 cm³/mol. The van der Waals surface area contributed by atoms with Crippen molar-refractivity contribution in [2.45, 2.75) is 50.7 Å². The number of nitrogens with one attached hydrogen (secondary N) is 1. The predicted octanol–water partition coefficient (Wildman–Crippen LogP) is -1.24. The molecule has 2 amide bonds. The molecule has 0 aliphatic carbocycles. The molecular formula is C13H21N3O6. The van der Waals surface area contributed by atoms with Crippen molar-refractivity contribution in [3.63, 3.8) is 0 Å². The highest BCUT2D eigenvalue weighted by molar-refractivity contribution is 5.92. The van der Waals surface area contributed by atoms with E-state index in [1.165, 1.54) is 11.8 Å². The van der Waals surface area contributed by atoms with Gasteiger partial charge in [0.2, 0.25) is 11.8 Å². The number of amides is 2. The van der Waals surface area contributed by atoms with Gasteiger partial charge in [0.25, 0.3) is 0 Å². The molecule has 0 aromatic rings. The molecule has 0 radical (unpaired) electrons. The Morgan fingerprint density at radius 3 is 2.45 bits per heavy atom. The Hall–Kier alpha value is -2.16. The van der Waals surface area contributed by atoms with Crippen molar-refractivity contribution < 1.29 is 29.4 Å². The zero-order chi connectivity index (χ0) is 16.9. The van der Waals surface area contributed by atoms with Crippen molar-refractivity contribution >= 4 is 23.8 Å². The van der Waals surface area contributed by atoms with Gasteiger partial charge in [-0.15, -0.1) is 0 Å². The summed E-state index contributed by atoms with van der Waals surface area (Å²) in [6.45, 7) is 1.91. The maximum atomic E-state index is 12.2. The van der Waals surface area contributed by atoms with Crippen molar-refractivity contribution in [2.24, 2.45) is 5.73 Å². The van der Waals surface area contributed by atoms with E-state index < -0.39 is 36.0 Å². The summed E-state index contributed by atoms with van der Waals surface area (Å²) >= 11 is 0. The molecule has 0 aromatic carbocycles. The van der Waals surface area contributed by atoms with Crippen LogP contribution in [0.3, 0.4) is 0 Å². The largest absolute Gasteiger partial charge is 0.481 e. The van der Waals surface area contributed by atoms with Gasteiger partial charge in [0.05, 0.1) is 6.04 Å². The van der Waals surface area contributed by atoms with Crippen molar-refractivity contribution in [3.8, 4) is 0 Å². The topological polar surface area (TPSA) is 150 Å². The number of carboxylic acid groups (broad SMARTS) is 2. The lowest BCUT2D eigenvalue weighted by Crippen LogP contribution is -2.53. The van der Waals surface area contributed by atoms with Crippen LogP contribution in [0.15, 0.2) is 0 Å². The number of nitrogens with zero attached hydrogens (tertiary/aromatic N) is 1. The first-order valence-corrected chi connectivity index (χ1v) is 7.05. The van der Waals surface area contributed by atoms with Gasteiger partial charge < -0.3 is 26.2 Å². The molecule has 0 bridgehead atoms. The molecule has 3 atom stereocenters. The first-order valence-electron chi connectivity index (χ1n) is 7.05. The molecular weight excluding hydrogens is 294 g/mol. The number of nitrogens with two attached hydrogens (primary N) is 1. The van der Waals surface area contributed by atoms with Crippen LogP contribution in [0, 0.1) is 0 Å². The van der Waals surface area contributed by atoms with Gasteiger partial charge in [0.15, 0.2) is 0 Å². The van der Waals surface area contributed by atoms with Crippen LogP contribution in [0.1, 0.15) is 32.6 Å². The highest BCUT2D eigenvalue weighted by Gasteiger charge is 2.36. The summed E-state index contributed by atoms with van der Waals surface area (Å²) in [7, 11) is 0. The van der Waals surface area contributed by atoms with Gasteiger partial charge in [-0.25, -0.2) is 4.79 Å². The zero-order valence-corrected chi connectivity index (χ0v) is 12.3. The molecule has 0 spiro atoms. The van der Waals surface area contributed by atoms with Gasteiger partial charge in [-0.05, 0) is 26.2 Å². The first-order chi connectivity index (χ1) is 10.2. The van der Waals surface area contributed by atoms with E-state index in [-0.39, 0.29) is 18.7 Å². The molecule has 5 N–H and O–H groups in total. The van der Waals surface area contributed by atoms with E-state index in [0.717, 1.165) is 0 Å². The highest BCUT2D eigenvalue weighted by Crippen LogP contribution is 2.18. The van der Waals surface area contributed by atoms with Crippen molar-refractivity contribution in [2.75, 3.05) is 6.54 Å². The molecule has 1 heterocycles. The lowest BCUT2D eigenvalue weighted by molar-refractivity contribution is -0.144. The molecule has 9 nitrogen and oxygen atoms in total. The van der Waals surface area contributed by atoms with Gasteiger partial charge in [-0.2, -0.15) is 0 Å². The third kappa shape index (κ3) is 4.69. The number of aliphatic carboxylic acids is 2. The summed E-state index contributed by atoms with van der Waals surface area (Å²) in [6.07, 6.45) is 0.466. The Kier molecular flexibility index (Phi) is 6.29. The Balaban J connectivity index is 2.70. The molecule has 0 unspecified atom stereocenters. The lowest BCUT2D eigenvalue weighted by Gasteiger charge is -2.26. The molecule has 9 heteroatoms. The molecule has 1 fully saturated rings. The molecule has 1 aliphatic heterocycles. The van der Waals surface area contributed by atoms with Crippen LogP contribution in [0.5, 0.6) is 0 Å². The SMILES string of the molecule is C[C@H](N)C(=O)N1CCC[C@H]1C(=O)N[C@H](CCC(=O)O)C(=O)O. The van der Waals surface area contributed by atoms with Crippen LogP contribution in [-0.4, -0.2) is 63.5 Å². The lowest BCUT2D eigenvalue weighted by atomic mass is 10.1. The Labute approximate surface area is 127 Å². The molecule has 0 aromatic heterocycles. The van der Waals surface area contributed by atoms with Crippen molar-refractivity contribution in [1.82, 2.24) is 10.2 Å². The van der Waals surface area contributed by atoms with Crippen LogP contribution >= 0.6 is 0 Å². The molecule has 1 aliphatic rings. The fraction of sp³-hybridized carbons (Fsp3) is 0.692. The minimum atomic E-state index is -1.31. The summed E-state index contributed by atoms with van der Waals surface area (Å²) in [5, 5.41) is 19.9. The second kappa shape index (κ2) is 7.74. The first kappa shape index (κ1) is 17.9. The van der Waals surface area contributed by atoms with Gasteiger partial charge in [0.1, 0.15) is 12.1 Å². The van der Waals surface area contributed by atoms with E-state index in [9.17, 15) is 19.2 Å². The summed E-state index contributed by atoms with van der Waals surface area (Å²) in [6, 6.07) is -2.79. The van der Waals surface area contributed by atoms with Gasteiger partial charge in [-0.1, -0.05) is 0 Å². The monoisotopic (exact) mass is 315 g/mol. The number of hydrogen-bond donors (Lipinski definition) is 4. The molecule has 124 valence electrons. The van der Waals surface area contributed by atoms with Gasteiger partial charge in [0, 0.05) is 13.0 Å². The van der Waals surface area contributed by atoms with E-state index in [1.54, 1.807) is 0 Å². The van der Waals surface area contributed by atoms with Crippen molar-refractivity contribution in [1.29, 1.82) is 0 Å². The van der Waals surface area contributed by atoms with Crippen LogP contribution < -0.4 is 11.1 Å². The summed E-state index contributed by atoms with van der Waals surface area (Å²) < 4.78 is 0. The minimum Gasteiger partial charge on any atom is -0.481 e. The fourth-order valence-electron chi connectivity index (χ4n) is 2.36. The van der Waals surface area contributed by atoms with Crippen LogP contribution in [0.25, 0.3) is 0 Å². The standard InChI is InChI=1S/C13H21N3O6/c1-7(14)12(20)16-6-2-3-9(16)11(19)15-8(13(21)22)4-5-10(17)18/h7-9H,2-6,14H2,1H3,(H,15,19)(H,17,18)(H,21,22)/t7-,8+,9-/m0/s1. The summed E-state index contributed by atoms with van der Waals surface area (Å²) in [5.41, 5.74) is 5.53. The van der Waals surface area contributed by atoms with Gasteiger partial charge in [-0.3, -0.25) is 14.4 Å². The smallest absolute Gasteiger partial charge is 0.326 e. The van der Waals surface area contributed by atoms with Crippen LogP contribution in [0.2, 0.25) is 0 Å². The third-order valence-electron chi connectivity index (χ3n) is 3.49. The number of hydrogen-bond acceptors (Lipinski definition) is 5. The number of carboxylic acids is 2. The van der Waals surface area contributed by atoms with E-state index >= 15 is 0 Å². The summed E-state index contributed by atoms with van der Waals surface area (Å²) in [4.78, 5) is 47.0. The summed E-state index contributed by atoms with van der Waals surface area (Å²) in [5.74, 6) is -3.41. The molecule has 22 heavy (non-hydrogen) atoms. The van der Waals surface area contributed by atoms with Crippen molar-refractivity contribution in [3.05, 3.63) is 0 Å². The molecule has 1 saturated heterocycles.